The SMILES string of the molecule is COCC(CO)NCCS(N)(=O)=O. The highest BCUT2D eigenvalue weighted by molar-refractivity contribution is 7.89. The van der Waals surface area contributed by atoms with Crippen molar-refractivity contribution in [3.63, 3.8) is 0 Å². The van der Waals surface area contributed by atoms with Gasteiger partial charge < -0.3 is 15.2 Å². The van der Waals surface area contributed by atoms with Crippen LogP contribution in [0.1, 0.15) is 0 Å². The van der Waals surface area contributed by atoms with Crippen LogP contribution >= 0.6 is 0 Å². The number of nitrogens with two attached hydrogens (primary N) is 1. The van der Waals surface area contributed by atoms with Gasteiger partial charge in [0.2, 0.25) is 10.0 Å². The van der Waals surface area contributed by atoms with Crippen molar-refractivity contribution in [1.29, 1.82) is 0 Å². The van der Waals surface area contributed by atoms with Crippen LogP contribution in [0.5, 0.6) is 0 Å². The predicted octanol–water partition coefficient (Wildman–Crippen LogP) is -2.13. The Morgan fingerprint density at radius 3 is 2.62 bits per heavy atom. The van der Waals surface area contributed by atoms with Crippen LogP contribution in [-0.2, 0) is 14.8 Å². The van der Waals surface area contributed by atoms with Gasteiger partial charge in [-0.25, -0.2) is 13.6 Å². The van der Waals surface area contributed by atoms with Crippen LogP contribution in [0.25, 0.3) is 0 Å². The van der Waals surface area contributed by atoms with Gasteiger partial charge in [-0.1, -0.05) is 0 Å². The average Bonchev–Trinajstić information content (AvgIpc) is 2.01. The van der Waals surface area contributed by atoms with Crippen molar-refractivity contribution < 1.29 is 18.3 Å². The average molecular weight is 212 g/mol. The smallest absolute Gasteiger partial charge is 0.210 e. The van der Waals surface area contributed by atoms with E-state index in [1.165, 1.54) is 7.11 Å². The molecule has 1 unspecified atom stereocenters. The van der Waals surface area contributed by atoms with Gasteiger partial charge in [-0.05, 0) is 0 Å². The second kappa shape index (κ2) is 6.28. The summed E-state index contributed by atoms with van der Waals surface area (Å²) in [6.45, 7) is 0.451. The van der Waals surface area contributed by atoms with Gasteiger partial charge in [-0.2, -0.15) is 0 Å². The Hall–Kier alpha value is -0.210. The fourth-order valence-electron chi connectivity index (χ4n) is 0.783. The third-order valence-corrected chi connectivity index (χ3v) is 2.18. The van der Waals surface area contributed by atoms with E-state index in [4.69, 9.17) is 15.0 Å². The molecular formula is C6H16N2O4S. The van der Waals surface area contributed by atoms with Gasteiger partial charge in [-0.3, -0.25) is 0 Å². The van der Waals surface area contributed by atoms with Crippen LogP contribution in [0.3, 0.4) is 0 Å². The summed E-state index contributed by atoms with van der Waals surface area (Å²) in [5, 5.41) is 16.3. The molecule has 7 heteroatoms. The number of primary sulfonamides is 1. The molecule has 0 radical (unpaired) electrons. The first-order valence-electron chi connectivity index (χ1n) is 3.83. The van der Waals surface area contributed by atoms with E-state index in [1.54, 1.807) is 0 Å². The second-order valence-electron chi connectivity index (χ2n) is 2.66. The van der Waals surface area contributed by atoms with Gasteiger partial charge in [0.05, 0.1) is 25.0 Å². The Morgan fingerprint density at radius 2 is 2.23 bits per heavy atom. The molecular weight excluding hydrogens is 196 g/mol. The number of aliphatic hydroxyl groups is 1. The number of nitrogens with one attached hydrogen (secondary N) is 1. The van der Waals surface area contributed by atoms with E-state index < -0.39 is 10.0 Å². The molecule has 0 aliphatic rings. The highest BCUT2D eigenvalue weighted by Crippen LogP contribution is 1.83. The van der Waals surface area contributed by atoms with Crippen molar-refractivity contribution in [3.05, 3.63) is 0 Å². The molecule has 0 saturated heterocycles. The fourth-order valence-corrected chi connectivity index (χ4v) is 1.19. The third kappa shape index (κ3) is 8.13. The molecule has 0 heterocycles. The molecule has 0 aliphatic heterocycles. The maximum atomic E-state index is 10.5. The molecule has 6 nitrogen and oxygen atoms in total. The zero-order valence-electron chi connectivity index (χ0n) is 7.56. The Morgan fingerprint density at radius 1 is 1.62 bits per heavy atom. The van der Waals surface area contributed by atoms with Crippen LogP contribution in [0.2, 0.25) is 0 Å². The normalized spacial score (nSPS) is 14.4. The highest BCUT2D eigenvalue weighted by atomic mass is 32.2. The van der Waals surface area contributed by atoms with Crippen LogP contribution in [-0.4, -0.2) is 52.2 Å². The number of hydrogen-bond acceptors (Lipinski definition) is 5. The van der Waals surface area contributed by atoms with Gasteiger partial charge in [0.25, 0.3) is 0 Å². The van der Waals surface area contributed by atoms with Crippen LogP contribution in [0.4, 0.5) is 0 Å². The van der Waals surface area contributed by atoms with Gasteiger partial charge in [0.1, 0.15) is 0 Å². The van der Waals surface area contributed by atoms with Gasteiger partial charge in [0.15, 0.2) is 0 Å². The molecule has 0 aromatic heterocycles. The molecule has 0 aromatic carbocycles. The summed E-state index contributed by atoms with van der Waals surface area (Å²) in [5.41, 5.74) is 0. The van der Waals surface area contributed by atoms with E-state index in [0.29, 0.717) is 6.61 Å². The molecule has 0 amide bonds. The molecule has 80 valence electrons. The quantitative estimate of drug-likeness (QED) is 0.447. The first-order chi connectivity index (χ1) is 5.99. The largest absolute Gasteiger partial charge is 0.395 e. The lowest BCUT2D eigenvalue weighted by Gasteiger charge is -2.14. The van der Waals surface area contributed by atoms with Crippen molar-refractivity contribution in [2.45, 2.75) is 6.04 Å². The summed E-state index contributed by atoms with van der Waals surface area (Å²) in [6.07, 6.45) is 0. The molecule has 0 spiro atoms. The number of ether oxygens (including phenoxy) is 1. The lowest BCUT2D eigenvalue weighted by Crippen LogP contribution is -2.39. The van der Waals surface area contributed by atoms with Crippen molar-refractivity contribution >= 4 is 10.0 Å². The zero-order valence-corrected chi connectivity index (χ0v) is 8.38. The minimum absolute atomic E-state index is 0.0988. The van der Waals surface area contributed by atoms with E-state index in [9.17, 15) is 8.42 Å². The summed E-state index contributed by atoms with van der Waals surface area (Å²) in [7, 11) is -1.92. The summed E-state index contributed by atoms with van der Waals surface area (Å²) >= 11 is 0. The van der Waals surface area contributed by atoms with E-state index in [0.717, 1.165) is 0 Å². The minimum Gasteiger partial charge on any atom is -0.395 e. The van der Waals surface area contributed by atoms with Crippen LogP contribution < -0.4 is 10.5 Å². The molecule has 4 N–H and O–H groups in total. The Bertz CT molecular complexity index is 217. The number of rotatable bonds is 7. The Kier molecular flexibility index (Phi) is 6.17. The molecule has 0 fully saturated rings. The highest BCUT2D eigenvalue weighted by Gasteiger charge is 2.07. The second-order valence-corrected chi connectivity index (χ2v) is 4.39. The number of hydrogen-bond donors (Lipinski definition) is 3. The molecule has 0 aromatic rings. The first-order valence-corrected chi connectivity index (χ1v) is 5.55. The molecule has 0 saturated carbocycles. The summed E-state index contributed by atoms with van der Waals surface area (Å²) < 4.78 is 25.8. The maximum absolute atomic E-state index is 10.5. The monoisotopic (exact) mass is 212 g/mol. The summed E-state index contributed by atoms with van der Waals surface area (Å²) in [4.78, 5) is 0. The lowest BCUT2D eigenvalue weighted by molar-refractivity contribution is 0.130. The minimum atomic E-state index is -3.43. The summed E-state index contributed by atoms with van der Waals surface area (Å²) in [5.74, 6) is -0.146. The number of methoxy groups -OCH3 is 1. The number of sulfonamides is 1. The summed E-state index contributed by atoms with van der Waals surface area (Å²) in [6, 6.07) is -0.244. The predicted molar refractivity (Wildman–Crippen MR) is 48.7 cm³/mol. The topological polar surface area (TPSA) is 102 Å². The number of aliphatic hydroxyl groups excluding tert-OH is 1. The zero-order chi connectivity index (χ0) is 10.3. The van der Waals surface area contributed by atoms with Crippen molar-refractivity contribution in [3.8, 4) is 0 Å². The van der Waals surface area contributed by atoms with Gasteiger partial charge >= 0.3 is 0 Å². The molecule has 0 bridgehead atoms. The third-order valence-electron chi connectivity index (χ3n) is 1.41. The maximum Gasteiger partial charge on any atom is 0.210 e. The van der Waals surface area contributed by atoms with Crippen LogP contribution in [0, 0.1) is 0 Å². The molecule has 1 atom stereocenters. The lowest BCUT2D eigenvalue weighted by atomic mass is 10.3. The van der Waals surface area contributed by atoms with E-state index >= 15 is 0 Å². The van der Waals surface area contributed by atoms with E-state index in [-0.39, 0.29) is 24.9 Å². The molecule has 0 rings (SSSR count). The van der Waals surface area contributed by atoms with Gasteiger partial charge in [0, 0.05) is 13.7 Å². The van der Waals surface area contributed by atoms with Crippen molar-refractivity contribution in [2.24, 2.45) is 5.14 Å². The first kappa shape index (κ1) is 12.8. The Balaban J connectivity index is 3.61. The fraction of sp³-hybridized carbons (Fsp3) is 1.00. The van der Waals surface area contributed by atoms with Crippen LogP contribution in [0.15, 0.2) is 0 Å². The van der Waals surface area contributed by atoms with E-state index in [2.05, 4.69) is 5.32 Å². The van der Waals surface area contributed by atoms with Gasteiger partial charge in [-0.15, -0.1) is 0 Å². The van der Waals surface area contributed by atoms with E-state index in [1.807, 2.05) is 0 Å². The Labute approximate surface area is 78.1 Å². The van der Waals surface area contributed by atoms with Crippen molar-refractivity contribution in [2.75, 3.05) is 32.6 Å². The van der Waals surface area contributed by atoms with Crippen molar-refractivity contribution in [1.82, 2.24) is 5.32 Å². The molecule has 13 heavy (non-hydrogen) atoms. The molecule has 0 aliphatic carbocycles. The standard InChI is InChI=1S/C6H16N2O4S/c1-12-5-6(4-9)8-2-3-13(7,10)11/h6,8-9H,2-5H2,1H3,(H2,7,10,11).